The van der Waals surface area contributed by atoms with Gasteiger partial charge < -0.3 is 5.73 Å². The van der Waals surface area contributed by atoms with Crippen LogP contribution in [0.15, 0.2) is 0 Å². The zero-order valence-corrected chi connectivity index (χ0v) is 12.0. The Morgan fingerprint density at radius 2 is 1.83 bits per heavy atom. The quantitative estimate of drug-likeness (QED) is 0.748. The third-order valence-corrected chi connectivity index (χ3v) is 5.51. The molecule has 0 aliphatic heterocycles. The smallest absolute Gasteiger partial charge is 0.150 e. The average molecular weight is 275 g/mol. The van der Waals surface area contributed by atoms with Gasteiger partial charge in [-0.2, -0.15) is 0 Å². The van der Waals surface area contributed by atoms with Crippen LogP contribution in [0.1, 0.15) is 51.9 Å². The van der Waals surface area contributed by atoms with E-state index in [1.54, 1.807) is 0 Å². The molecule has 5 heteroatoms. The number of carbonyl (C=O) groups is 1. The summed E-state index contributed by atoms with van der Waals surface area (Å²) in [6.45, 7) is 1.83. The van der Waals surface area contributed by atoms with Gasteiger partial charge in [0.05, 0.1) is 5.75 Å². The molecule has 1 fully saturated rings. The summed E-state index contributed by atoms with van der Waals surface area (Å²) in [4.78, 5) is 12.1. The summed E-state index contributed by atoms with van der Waals surface area (Å²) in [5, 5.41) is 0. The van der Waals surface area contributed by atoms with Crippen LogP contribution in [0.4, 0.5) is 0 Å². The molecule has 0 amide bonds. The Morgan fingerprint density at radius 1 is 1.17 bits per heavy atom. The van der Waals surface area contributed by atoms with E-state index < -0.39 is 9.84 Å². The van der Waals surface area contributed by atoms with Crippen molar-refractivity contribution >= 4 is 15.6 Å². The lowest BCUT2D eigenvalue weighted by atomic mass is 9.90. The van der Waals surface area contributed by atoms with Gasteiger partial charge in [-0.15, -0.1) is 0 Å². The van der Waals surface area contributed by atoms with Crippen LogP contribution in [0.5, 0.6) is 0 Å². The maximum atomic E-state index is 12.1. The molecular formula is C13H25NO3S. The third kappa shape index (κ3) is 5.06. The van der Waals surface area contributed by atoms with E-state index >= 15 is 0 Å². The molecule has 0 aromatic heterocycles. The number of rotatable bonds is 6. The standard InChI is InChI=1S/C13H25NO3S/c1-2-9-18(16,17)10-8-13(15)11-6-4-3-5-7-12(11)14/h11-12H,2-10,14H2,1H3. The van der Waals surface area contributed by atoms with E-state index in [0.29, 0.717) is 6.42 Å². The number of sulfone groups is 1. The van der Waals surface area contributed by atoms with Crippen molar-refractivity contribution in [2.75, 3.05) is 11.5 Å². The van der Waals surface area contributed by atoms with Gasteiger partial charge in [-0.1, -0.05) is 26.2 Å². The first-order valence-electron chi connectivity index (χ1n) is 6.95. The SMILES string of the molecule is CCCS(=O)(=O)CCC(=O)C1CCCCCC1N. The maximum absolute atomic E-state index is 12.1. The molecule has 0 saturated heterocycles. The fourth-order valence-electron chi connectivity index (χ4n) is 2.59. The number of hydrogen-bond donors (Lipinski definition) is 1. The highest BCUT2D eigenvalue weighted by atomic mass is 32.2. The van der Waals surface area contributed by atoms with Gasteiger partial charge in [0.15, 0.2) is 9.84 Å². The third-order valence-electron chi connectivity index (χ3n) is 3.66. The summed E-state index contributed by atoms with van der Waals surface area (Å²) >= 11 is 0. The molecule has 1 aliphatic carbocycles. The summed E-state index contributed by atoms with van der Waals surface area (Å²) in [7, 11) is -3.05. The second kappa shape index (κ2) is 7.24. The van der Waals surface area contributed by atoms with Gasteiger partial charge in [0.25, 0.3) is 0 Å². The number of ketones is 1. The minimum absolute atomic E-state index is 0.0110. The average Bonchev–Trinajstić information content (AvgIpc) is 2.51. The van der Waals surface area contributed by atoms with Crippen LogP contribution in [0.3, 0.4) is 0 Å². The summed E-state index contributed by atoms with van der Waals surface area (Å²) in [6.07, 6.45) is 5.71. The Labute approximate surface area is 110 Å². The Hall–Kier alpha value is -0.420. The Kier molecular flexibility index (Phi) is 6.29. The molecule has 2 unspecified atom stereocenters. The van der Waals surface area contributed by atoms with Crippen molar-refractivity contribution in [3.8, 4) is 0 Å². The number of nitrogens with two attached hydrogens (primary N) is 1. The Bertz CT molecular complexity index is 364. The van der Waals surface area contributed by atoms with Gasteiger partial charge in [0.1, 0.15) is 5.78 Å². The lowest BCUT2D eigenvalue weighted by molar-refractivity contribution is -0.123. The largest absolute Gasteiger partial charge is 0.327 e. The van der Waals surface area contributed by atoms with Gasteiger partial charge >= 0.3 is 0 Å². The van der Waals surface area contributed by atoms with Crippen molar-refractivity contribution in [2.24, 2.45) is 11.7 Å². The zero-order valence-electron chi connectivity index (χ0n) is 11.2. The highest BCUT2D eigenvalue weighted by molar-refractivity contribution is 7.91. The highest BCUT2D eigenvalue weighted by Crippen LogP contribution is 2.24. The molecule has 106 valence electrons. The summed E-state index contributed by atoms with van der Waals surface area (Å²) in [6, 6.07) is -0.0751. The predicted octanol–water partition coefficient (Wildman–Crippen LogP) is 1.68. The van der Waals surface area contributed by atoms with Crippen molar-refractivity contribution in [2.45, 2.75) is 57.9 Å². The van der Waals surface area contributed by atoms with E-state index in [4.69, 9.17) is 5.73 Å². The van der Waals surface area contributed by atoms with E-state index in [-0.39, 0.29) is 35.7 Å². The molecule has 1 saturated carbocycles. The van der Waals surface area contributed by atoms with Crippen molar-refractivity contribution in [1.29, 1.82) is 0 Å². The molecule has 4 nitrogen and oxygen atoms in total. The summed E-state index contributed by atoms with van der Waals surface area (Å²) < 4.78 is 23.2. The minimum Gasteiger partial charge on any atom is -0.327 e. The number of hydrogen-bond acceptors (Lipinski definition) is 4. The molecule has 18 heavy (non-hydrogen) atoms. The molecular weight excluding hydrogens is 250 g/mol. The fraction of sp³-hybridized carbons (Fsp3) is 0.923. The molecule has 0 spiro atoms. The Balaban J connectivity index is 2.49. The van der Waals surface area contributed by atoms with Crippen molar-refractivity contribution < 1.29 is 13.2 Å². The second-order valence-corrected chi connectivity index (χ2v) is 7.58. The predicted molar refractivity (Wildman–Crippen MR) is 73.1 cm³/mol. The highest BCUT2D eigenvalue weighted by Gasteiger charge is 2.27. The fourth-order valence-corrected chi connectivity index (χ4v) is 3.93. The van der Waals surface area contributed by atoms with Crippen molar-refractivity contribution in [3.05, 3.63) is 0 Å². The first-order valence-corrected chi connectivity index (χ1v) is 8.77. The monoisotopic (exact) mass is 275 g/mol. The van der Waals surface area contributed by atoms with Gasteiger partial charge in [-0.05, 0) is 19.3 Å². The van der Waals surface area contributed by atoms with Crippen LogP contribution >= 0.6 is 0 Å². The van der Waals surface area contributed by atoms with E-state index in [9.17, 15) is 13.2 Å². The molecule has 0 aromatic rings. The van der Waals surface area contributed by atoms with E-state index in [0.717, 1.165) is 32.1 Å². The molecule has 0 aromatic carbocycles. The first-order chi connectivity index (χ1) is 8.46. The van der Waals surface area contributed by atoms with Crippen LogP contribution < -0.4 is 5.73 Å². The molecule has 1 rings (SSSR count). The van der Waals surface area contributed by atoms with Gasteiger partial charge in [0.2, 0.25) is 0 Å². The van der Waals surface area contributed by atoms with E-state index in [1.807, 2.05) is 6.92 Å². The van der Waals surface area contributed by atoms with E-state index in [1.165, 1.54) is 0 Å². The summed E-state index contributed by atoms with van der Waals surface area (Å²) in [5.41, 5.74) is 6.01. The zero-order chi connectivity index (χ0) is 13.6. The van der Waals surface area contributed by atoms with Crippen molar-refractivity contribution in [3.63, 3.8) is 0 Å². The molecule has 0 radical (unpaired) electrons. The lowest BCUT2D eigenvalue weighted by Crippen LogP contribution is -2.35. The second-order valence-electron chi connectivity index (χ2n) is 5.28. The van der Waals surface area contributed by atoms with Gasteiger partial charge in [0, 0.05) is 24.1 Å². The van der Waals surface area contributed by atoms with E-state index in [2.05, 4.69) is 0 Å². The van der Waals surface area contributed by atoms with Crippen LogP contribution in [0.25, 0.3) is 0 Å². The van der Waals surface area contributed by atoms with Crippen LogP contribution in [0.2, 0.25) is 0 Å². The maximum Gasteiger partial charge on any atom is 0.150 e. The van der Waals surface area contributed by atoms with Gasteiger partial charge in [-0.25, -0.2) is 8.42 Å². The lowest BCUT2D eigenvalue weighted by Gasteiger charge is -2.19. The molecule has 0 bridgehead atoms. The minimum atomic E-state index is -3.05. The first kappa shape index (κ1) is 15.6. The molecule has 1 aliphatic rings. The van der Waals surface area contributed by atoms with Gasteiger partial charge in [-0.3, -0.25) is 4.79 Å². The molecule has 2 atom stereocenters. The normalized spacial score (nSPS) is 25.7. The topological polar surface area (TPSA) is 77.2 Å². The number of Topliss-reactive ketones (excluding diaryl/α,β-unsaturated/α-hetero) is 1. The van der Waals surface area contributed by atoms with Crippen LogP contribution in [-0.4, -0.2) is 31.7 Å². The number of carbonyl (C=O) groups excluding carboxylic acids is 1. The molecule has 0 heterocycles. The summed E-state index contributed by atoms with van der Waals surface area (Å²) in [5.74, 6) is 0.0910. The molecule has 2 N–H and O–H groups in total. The van der Waals surface area contributed by atoms with Crippen LogP contribution in [0, 0.1) is 5.92 Å². The Morgan fingerprint density at radius 3 is 2.50 bits per heavy atom. The van der Waals surface area contributed by atoms with Crippen LogP contribution in [-0.2, 0) is 14.6 Å². The van der Waals surface area contributed by atoms with Crippen molar-refractivity contribution in [1.82, 2.24) is 0 Å².